The molecule has 1 fully saturated rings. The van der Waals surface area contributed by atoms with Crippen molar-refractivity contribution in [3.63, 3.8) is 0 Å². The van der Waals surface area contributed by atoms with E-state index in [-0.39, 0.29) is 5.56 Å². The standard InChI is InChI=1S/C23H30F3N3/c1-15(2)18-6-5-7-19(12-18)22-27-13-20(14-28-22)21(23(24,25)26)17-8-10-29(11-9-17)16(3)4/h5-7,12-17,21H,8-11H2,1-4H3. The number of rotatable bonds is 5. The van der Waals surface area contributed by atoms with Crippen LogP contribution in [0, 0.1) is 5.92 Å². The molecule has 3 nitrogen and oxygen atoms in total. The maximum Gasteiger partial charge on any atom is 0.396 e. The molecule has 1 aliphatic heterocycles. The molecule has 1 unspecified atom stereocenters. The second-order valence-electron chi connectivity index (χ2n) is 8.61. The Morgan fingerprint density at radius 1 is 0.966 bits per heavy atom. The first-order valence-corrected chi connectivity index (χ1v) is 10.4. The minimum Gasteiger partial charge on any atom is -0.301 e. The van der Waals surface area contributed by atoms with Crippen molar-refractivity contribution >= 4 is 0 Å². The SMILES string of the molecule is CC(C)c1cccc(-c2ncc(C(C3CCN(C(C)C)CC3)C(F)(F)F)cn2)c1. The summed E-state index contributed by atoms with van der Waals surface area (Å²) in [5.74, 6) is -1.11. The molecular formula is C23H30F3N3. The molecule has 0 bridgehead atoms. The highest BCUT2D eigenvalue weighted by atomic mass is 19.4. The second kappa shape index (κ2) is 8.82. The van der Waals surface area contributed by atoms with Gasteiger partial charge in [-0.1, -0.05) is 32.0 Å². The van der Waals surface area contributed by atoms with E-state index in [2.05, 4.69) is 42.6 Å². The molecule has 1 aromatic heterocycles. The van der Waals surface area contributed by atoms with E-state index < -0.39 is 18.0 Å². The Kier molecular flexibility index (Phi) is 6.62. The van der Waals surface area contributed by atoms with Crippen molar-refractivity contribution in [2.24, 2.45) is 5.92 Å². The lowest BCUT2D eigenvalue weighted by Gasteiger charge is -2.38. The summed E-state index contributed by atoms with van der Waals surface area (Å²) >= 11 is 0. The predicted molar refractivity (Wildman–Crippen MR) is 110 cm³/mol. The van der Waals surface area contributed by atoms with Crippen LogP contribution >= 0.6 is 0 Å². The second-order valence-corrected chi connectivity index (χ2v) is 8.61. The Bertz CT molecular complexity index is 792. The van der Waals surface area contributed by atoms with Gasteiger partial charge in [-0.25, -0.2) is 9.97 Å². The zero-order valence-corrected chi connectivity index (χ0v) is 17.6. The van der Waals surface area contributed by atoms with Crippen molar-refractivity contribution in [3.05, 3.63) is 47.8 Å². The number of aromatic nitrogens is 2. The molecule has 0 saturated carbocycles. The van der Waals surface area contributed by atoms with Gasteiger partial charge in [0.2, 0.25) is 0 Å². The van der Waals surface area contributed by atoms with Crippen LogP contribution in [0.3, 0.4) is 0 Å². The van der Waals surface area contributed by atoms with E-state index in [1.807, 2.05) is 24.3 Å². The van der Waals surface area contributed by atoms with Crippen LogP contribution in [0.5, 0.6) is 0 Å². The van der Waals surface area contributed by atoms with E-state index in [1.54, 1.807) is 0 Å². The molecule has 1 atom stereocenters. The number of alkyl halides is 3. The fourth-order valence-corrected chi connectivity index (χ4v) is 4.18. The average molecular weight is 406 g/mol. The highest BCUT2D eigenvalue weighted by Gasteiger charge is 2.46. The minimum absolute atomic E-state index is 0.171. The molecule has 3 rings (SSSR count). The fraction of sp³-hybridized carbons (Fsp3) is 0.565. The zero-order valence-electron chi connectivity index (χ0n) is 17.6. The summed E-state index contributed by atoms with van der Waals surface area (Å²) in [4.78, 5) is 10.8. The molecule has 0 amide bonds. The molecule has 2 heterocycles. The van der Waals surface area contributed by atoms with E-state index in [0.717, 1.165) is 11.1 Å². The summed E-state index contributed by atoms with van der Waals surface area (Å²) < 4.78 is 41.8. The van der Waals surface area contributed by atoms with E-state index in [9.17, 15) is 13.2 Å². The first-order chi connectivity index (χ1) is 13.7. The van der Waals surface area contributed by atoms with Gasteiger partial charge in [0.25, 0.3) is 0 Å². The summed E-state index contributed by atoms with van der Waals surface area (Å²) in [5.41, 5.74) is 2.15. The number of nitrogens with zero attached hydrogens (tertiary/aromatic N) is 3. The smallest absolute Gasteiger partial charge is 0.301 e. The largest absolute Gasteiger partial charge is 0.396 e. The molecule has 158 valence electrons. The summed E-state index contributed by atoms with van der Waals surface area (Å²) in [6, 6.07) is 8.23. The Balaban J connectivity index is 1.82. The maximum absolute atomic E-state index is 13.9. The minimum atomic E-state index is -4.30. The van der Waals surface area contributed by atoms with Crippen molar-refractivity contribution in [1.29, 1.82) is 0 Å². The molecule has 2 aromatic rings. The lowest BCUT2D eigenvalue weighted by molar-refractivity contribution is -0.166. The van der Waals surface area contributed by atoms with E-state index in [1.165, 1.54) is 12.4 Å². The van der Waals surface area contributed by atoms with Crippen LogP contribution in [0.25, 0.3) is 11.4 Å². The molecular weight excluding hydrogens is 375 g/mol. The molecule has 1 saturated heterocycles. The monoisotopic (exact) mass is 405 g/mol. The fourth-order valence-electron chi connectivity index (χ4n) is 4.18. The third-order valence-corrected chi connectivity index (χ3v) is 5.97. The molecule has 6 heteroatoms. The van der Waals surface area contributed by atoms with Crippen LogP contribution in [0.15, 0.2) is 36.7 Å². The average Bonchev–Trinajstić information content (AvgIpc) is 2.68. The summed E-state index contributed by atoms with van der Waals surface area (Å²) in [6.07, 6.45) is -0.469. The van der Waals surface area contributed by atoms with Gasteiger partial charge in [0.15, 0.2) is 5.82 Å². The van der Waals surface area contributed by atoms with Gasteiger partial charge in [-0.2, -0.15) is 13.2 Å². The molecule has 29 heavy (non-hydrogen) atoms. The van der Waals surface area contributed by atoms with Gasteiger partial charge >= 0.3 is 6.18 Å². The lowest BCUT2D eigenvalue weighted by atomic mass is 9.80. The first-order valence-electron chi connectivity index (χ1n) is 10.4. The van der Waals surface area contributed by atoms with Gasteiger partial charge in [-0.05, 0) is 63.2 Å². The van der Waals surface area contributed by atoms with Gasteiger partial charge in [-0.15, -0.1) is 0 Å². The van der Waals surface area contributed by atoms with Crippen molar-refractivity contribution < 1.29 is 13.2 Å². The van der Waals surface area contributed by atoms with Crippen LogP contribution in [0.4, 0.5) is 13.2 Å². The third kappa shape index (κ3) is 5.16. The summed E-state index contributed by atoms with van der Waals surface area (Å²) in [6.45, 7) is 9.78. The number of hydrogen-bond donors (Lipinski definition) is 0. The van der Waals surface area contributed by atoms with Crippen LogP contribution in [0.1, 0.15) is 63.5 Å². The Labute approximate surface area is 171 Å². The third-order valence-electron chi connectivity index (χ3n) is 5.97. The van der Waals surface area contributed by atoms with Crippen molar-refractivity contribution in [2.75, 3.05) is 13.1 Å². The highest BCUT2D eigenvalue weighted by Crippen LogP contribution is 2.44. The van der Waals surface area contributed by atoms with Crippen molar-refractivity contribution in [1.82, 2.24) is 14.9 Å². The quantitative estimate of drug-likeness (QED) is 0.608. The number of likely N-dealkylation sites (tertiary alicyclic amines) is 1. The van der Waals surface area contributed by atoms with Crippen LogP contribution in [-0.2, 0) is 0 Å². The Morgan fingerprint density at radius 3 is 2.10 bits per heavy atom. The topological polar surface area (TPSA) is 29.0 Å². The Hall–Kier alpha value is -1.95. The molecule has 0 radical (unpaired) electrons. The predicted octanol–water partition coefficient (Wildman–Crippen LogP) is 6.03. The van der Waals surface area contributed by atoms with E-state index >= 15 is 0 Å². The van der Waals surface area contributed by atoms with Gasteiger partial charge in [0.05, 0.1) is 5.92 Å². The van der Waals surface area contributed by atoms with Gasteiger partial charge in [0, 0.05) is 29.6 Å². The van der Waals surface area contributed by atoms with Crippen LogP contribution in [0.2, 0.25) is 0 Å². The maximum atomic E-state index is 13.9. The first kappa shape index (κ1) is 21.8. The normalized spacial score (nSPS) is 17.8. The van der Waals surface area contributed by atoms with E-state index in [4.69, 9.17) is 0 Å². The Morgan fingerprint density at radius 2 is 1.59 bits per heavy atom. The van der Waals surface area contributed by atoms with Crippen LogP contribution < -0.4 is 0 Å². The molecule has 1 aromatic carbocycles. The number of halogens is 3. The number of hydrogen-bond acceptors (Lipinski definition) is 3. The van der Waals surface area contributed by atoms with Crippen molar-refractivity contribution in [2.45, 2.75) is 64.6 Å². The molecule has 0 aliphatic carbocycles. The number of benzene rings is 1. The summed E-state index contributed by atoms with van der Waals surface area (Å²) in [7, 11) is 0. The zero-order chi connectivity index (χ0) is 21.2. The van der Waals surface area contributed by atoms with Gasteiger partial charge in [-0.3, -0.25) is 0 Å². The van der Waals surface area contributed by atoms with Gasteiger partial charge < -0.3 is 4.90 Å². The molecule has 0 spiro atoms. The lowest BCUT2D eigenvalue weighted by Crippen LogP contribution is -2.42. The highest BCUT2D eigenvalue weighted by molar-refractivity contribution is 5.56. The van der Waals surface area contributed by atoms with Crippen molar-refractivity contribution in [3.8, 4) is 11.4 Å². The summed E-state index contributed by atoms with van der Waals surface area (Å²) in [5, 5.41) is 0. The van der Waals surface area contributed by atoms with E-state index in [0.29, 0.717) is 43.7 Å². The number of piperidine rings is 1. The molecule has 0 N–H and O–H groups in total. The van der Waals surface area contributed by atoms with Gasteiger partial charge in [0.1, 0.15) is 0 Å². The van der Waals surface area contributed by atoms with Crippen LogP contribution in [-0.4, -0.2) is 40.2 Å². The molecule has 1 aliphatic rings.